The van der Waals surface area contributed by atoms with Crippen LogP contribution in [0.5, 0.6) is 0 Å². The van der Waals surface area contributed by atoms with Crippen molar-refractivity contribution in [2.45, 2.75) is 6.42 Å². The number of carboxylic acid groups (broad SMARTS) is 1. The van der Waals surface area contributed by atoms with E-state index in [1.165, 1.54) is 0 Å². The first-order chi connectivity index (χ1) is 10.2. The van der Waals surface area contributed by atoms with Crippen molar-refractivity contribution in [1.29, 1.82) is 0 Å². The Kier molecular flexibility index (Phi) is 3.31. The Morgan fingerprint density at radius 1 is 1.24 bits per heavy atom. The molecule has 2 aromatic carbocycles. The first-order valence-corrected chi connectivity index (χ1v) is 6.55. The van der Waals surface area contributed by atoms with Crippen LogP contribution in [0.25, 0.3) is 22.6 Å². The molecule has 0 saturated heterocycles. The van der Waals surface area contributed by atoms with Crippen molar-refractivity contribution in [2.24, 2.45) is 0 Å². The molecule has 0 aliphatic rings. The molecule has 3 rings (SSSR count). The predicted molar refractivity (Wildman–Crippen MR) is 80.3 cm³/mol. The molecule has 0 fully saturated rings. The summed E-state index contributed by atoms with van der Waals surface area (Å²) in [5.74, 6) is -0.333. The Hall–Kier alpha value is -2.82. The first kappa shape index (κ1) is 13.2. The minimum atomic E-state index is -0.860. The molecule has 0 unspecified atom stereocenters. The van der Waals surface area contributed by atoms with Gasteiger partial charge in [0.05, 0.1) is 6.42 Å². The highest BCUT2D eigenvalue weighted by atomic mass is 16.4. The van der Waals surface area contributed by atoms with Gasteiger partial charge in [0.15, 0.2) is 5.58 Å². The van der Waals surface area contributed by atoms with Gasteiger partial charge in [0.2, 0.25) is 5.89 Å². The number of nitrogens with one attached hydrogen (secondary N) is 1. The number of benzene rings is 2. The summed E-state index contributed by atoms with van der Waals surface area (Å²) in [6, 6.07) is 13.0. The van der Waals surface area contributed by atoms with Crippen LogP contribution in [-0.4, -0.2) is 23.1 Å². The summed E-state index contributed by atoms with van der Waals surface area (Å²) >= 11 is 0. The second-order valence-corrected chi connectivity index (χ2v) is 4.72. The molecular weight excluding hydrogens is 268 g/mol. The highest BCUT2D eigenvalue weighted by Gasteiger charge is 2.10. The molecule has 21 heavy (non-hydrogen) atoms. The third kappa shape index (κ3) is 2.72. The summed E-state index contributed by atoms with van der Waals surface area (Å²) in [6.45, 7) is 0. The number of rotatable bonds is 4. The Balaban J connectivity index is 1.97. The van der Waals surface area contributed by atoms with Crippen molar-refractivity contribution in [3.63, 3.8) is 0 Å². The van der Waals surface area contributed by atoms with E-state index >= 15 is 0 Å². The van der Waals surface area contributed by atoms with Gasteiger partial charge in [-0.05, 0) is 42.0 Å². The maximum atomic E-state index is 10.7. The summed E-state index contributed by atoms with van der Waals surface area (Å²) in [7, 11) is 1.86. The van der Waals surface area contributed by atoms with E-state index in [4.69, 9.17) is 9.52 Å². The maximum absolute atomic E-state index is 10.7. The van der Waals surface area contributed by atoms with Gasteiger partial charge in [-0.3, -0.25) is 4.79 Å². The van der Waals surface area contributed by atoms with Crippen LogP contribution >= 0.6 is 0 Å². The average molecular weight is 282 g/mol. The van der Waals surface area contributed by atoms with Crippen molar-refractivity contribution in [3.05, 3.63) is 48.0 Å². The number of hydrogen-bond donors (Lipinski definition) is 2. The summed E-state index contributed by atoms with van der Waals surface area (Å²) in [5.41, 5.74) is 3.92. The fourth-order valence-electron chi connectivity index (χ4n) is 2.16. The van der Waals surface area contributed by atoms with Gasteiger partial charge in [-0.15, -0.1) is 0 Å². The van der Waals surface area contributed by atoms with E-state index in [1.54, 1.807) is 18.2 Å². The molecular formula is C16H14N2O3. The van der Waals surface area contributed by atoms with E-state index < -0.39 is 5.97 Å². The molecule has 0 atom stereocenters. The monoisotopic (exact) mass is 282 g/mol. The molecule has 0 amide bonds. The lowest BCUT2D eigenvalue weighted by Gasteiger charge is -1.99. The zero-order valence-electron chi connectivity index (χ0n) is 11.5. The number of aromatic nitrogens is 1. The van der Waals surface area contributed by atoms with Crippen LogP contribution in [-0.2, 0) is 11.2 Å². The third-order valence-electron chi connectivity index (χ3n) is 3.23. The molecule has 0 radical (unpaired) electrons. The second-order valence-electron chi connectivity index (χ2n) is 4.72. The number of aliphatic carboxylic acids is 1. The van der Waals surface area contributed by atoms with E-state index in [0.717, 1.165) is 11.3 Å². The van der Waals surface area contributed by atoms with Crippen LogP contribution in [0.4, 0.5) is 5.69 Å². The molecule has 2 N–H and O–H groups in total. The number of nitrogens with zero attached hydrogens (tertiary/aromatic N) is 1. The largest absolute Gasteiger partial charge is 0.481 e. The number of carboxylic acids is 1. The number of fused-ring (bicyclic) bond motifs is 1. The normalized spacial score (nSPS) is 10.7. The van der Waals surface area contributed by atoms with Crippen LogP contribution in [0.1, 0.15) is 5.56 Å². The van der Waals surface area contributed by atoms with Gasteiger partial charge in [-0.1, -0.05) is 6.07 Å². The van der Waals surface area contributed by atoms with Gasteiger partial charge in [-0.2, -0.15) is 0 Å². The minimum absolute atomic E-state index is 0.0188. The molecule has 5 nitrogen and oxygen atoms in total. The molecule has 5 heteroatoms. The van der Waals surface area contributed by atoms with Crippen molar-refractivity contribution >= 4 is 22.8 Å². The average Bonchev–Trinajstić information content (AvgIpc) is 2.90. The summed E-state index contributed by atoms with van der Waals surface area (Å²) in [5, 5.41) is 11.9. The van der Waals surface area contributed by atoms with Crippen molar-refractivity contribution in [2.75, 3.05) is 12.4 Å². The van der Waals surface area contributed by atoms with Gasteiger partial charge in [0, 0.05) is 18.3 Å². The summed E-state index contributed by atoms with van der Waals surface area (Å²) < 4.78 is 5.71. The second kappa shape index (κ2) is 5.28. The first-order valence-electron chi connectivity index (χ1n) is 6.55. The van der Waals surface area contributed by atoms with Crippen LogP contribution in [0.15, 0.2) is 46.9 Å². The lowest BCUT2D eigenvalue weighted by atomic mass is 10.1. The van der Waals surface area contributed by atoms with Crippen LogP contribution in [0.2, 0.25) is 0 Å². The van der Waals surface area contributed by atoms with Crippen molar-refractivity contribution < 1.29 is 14.3 Å². The SMILES string of the molecule is CNc1ccc(-c2nc3cc(CC(=O)O)ccc3o2)cc1. The Bertz CT molecular complexity index is 791. The molecule has 0 bridgehead atoms. The third-order valence-corrected chi connectivity index (χ3v) is 3.23. The van der Waals surface area contributed by atoms with Gasteiger partial charge in [0.1, 0.15) is 5.52 Å². The van der Waals surface area contributed by atoms with E-state index in [9.17, 15) is 4.79 Å². The molecule has 0 aliphatic carbocycles. The minimum Gasteiger partial charge on any atom is -0.481 e. The fourth-order valence-corrected chi connectivity index (χ4v) is 2.16. The molecule has 3 aromatic rings. The Morgan fingerprint density at radius 3 is 2.67 bits per heavy atom. The van der Waals surface area contributed by atoms with Gasteiger partial charge < -0.3 is 14.8 Å². The molecule has 0 aliphatic heterocycles. The number of carbonyl (C=O) groups is 1. The fraction of sp³-hybridized carbons (Fsp3) is 0.125. The van der Waals surface area contributed by atoms with E-state index in [2.05, 4.69) is 10.3 Å². The van der Waals surface area contributed by atoms with Crippen molar-refractivity contribution in [1.82, 2.24) is 4.98 Å². The molecule has 1 heterocycles. The Morgan fingerprint density at radius 2 is 2.00 bits per heavy atom. The molecule has 0 spiro atoms. The smallest absolute Gasteiger partial charge is 0.307 e. The van der Waals surface area contributed by atoms with Crippen LogP contribution < -0.4 is 5.32 Å². The zero-order valence-corrected chi connectivity index (χ0v) is 11.5. The lowest BCUT2D eigenvalue weighted by molar-refractivity contribution is -0.136. The van der Waals surface area contributed by atoms with Gasteiger partial charge in [0.25, 0.3) is 0 Å². The summed E-state index contributed by atoms with van der Waals surface area (Å²) in [6.07, 6.45) is -0.0188. The quantitative estimate of drug-likeness (QED) is 0.768. The van der Waals surface area contributed by atoms with E-state index in [1.807, 2.05) is 31.3 Å². The molecule has 1 aromatic heterocycles. The highest BCUT2D eigenvalue weighted by molar-refractivity contribution is 5.79. The highest BCUT2D eigenvalue weighted by Crippen LogP contribution is 2.26. The maximum Gasteiger partial charge on any atom is 0.307 e. The number of oxazole rings is 1. The molecule has 0 saturated carbocycles. The van der Waals surface area contributed by atoms with Crippen LogP contribution in [0, 0.1) is 0 Å². The number of anilines is 1. The van der Waals surface area contributed by atoms with Crippen LogP contribution in [0.3, 0.4) is 0 Å². The van der Waals surface area contributed by atoms with Gasteiger partial charge >= 0.3 is 5.97 Å². The predicted octanol–water partition coefficient (Wildman–Crippen LogP) is 3.16. The summed E-state index contributed by atoms with van der Waals surface area (Å²) in [4.78, 5) is 15.2. The molecule has 106 valence electrons. The number of hydrogen-bond acceptors (Lipinski definition) is 4. The van der Waals surface area contributed by atoms with Crippen molar-refractivity contribution in [3.8, 4) is 11.5 Å². The lowest BCUT2D eigenvalue weighted by Crippen LogP contribution is -1.99. The van der Waals surface area contributed by atoms with E-state index in [0.29, 0.717) is 22.6 Å². The Labute approximate surface area is 121 Å². The van der Waals surface area contributed by atoms with E-state index in [-0.39, 0.29) is 6.42 Å². The van der Waals surface area contributed by atoms with Gasteiger partial charge in [-0.25, -0.2) is 4.98 Å². The zero-order chi connectivity index (χ0) is 14.8. The topological polar surface area (TPSA) is 75.4 Å². The standard InChI is InChI=1S/C16H14N2O3/c1-17-12-5-3-11(4-6-12)16-18-13-8-10(9-15(19)20)2-7-14(13)21-16/h2-8,17H,9H2,1H3,(H,19,20).